The first-order valence-electron chi connectivity index (χ1n) is 13.2. The number of carbonyl (C=O) groups excluding carboxylic acids is 2. The van der Waals surface area contributed by atoms with Gasteiger partial charge < -0.3 is 19.9 Å². The van der Waals surface area contributed by atoms with Crippen molar-refractivity contribution in [3.05, 3.63) is 57.5 Å². The van der Waals surface area contributed by atoms with E-state index in [1.165, 1.54) is 41.1 Å². The number of halogens is 1. The molecule has 0 saturated carbocycles. The van der Waals surface area contributed by atoms with Crippen molar-refractivity contribution in [3.63, 3.8) is 0 Å². The van der Waals surface area contributed by atoms with E-state index in [0.717, 1.165) is 10.8 Å². The molecule has 3 heterocycles. The van der Waals surface area contributed by atoms with Crippen molar-refractivity contribution in [1.29, 1.82) is 0 Å². The van der Waals surface area contributed by atoms with Crippen LogP contribution in [0.3, 0.4) is 0 Å². The number of hydrogen-bond acceptors (Lipinski definition) is 8. The van der Waals surface area contributed by atoms with E-state index in [1.807, 2.05) is 0 Å². The zero-order valence-corrected chi connectivity index (χ0v) is 25.4. The number of amides is 2. The molecule has 1 aromatic carbocycles. The summed E-state index contributed by atoms with van der Waals surface area (Å²) >= 11 is 1.28. The van der Waals surface area contributed by atoms with Crippen LogP contribution in [0.25, 0.3) is 5.78 Å². The second kappa shape index (κ2) is 12.7. The third kappa shape index (κ3) is 7.16. The molecular weight excluding hydrogens is 571 g/mol. The first kappa shape index (κ1) is 30.7. The number of nitrogens with one attached hydrogen (secondary N) is 1. The first-order chi connectivity index (χ1) is 19.3. The standard InChI is InChI=1S/C27H35FN6O5S2/c1-16-8-17(2)12-32(11-16)22(35)14-33-13-20(15-41(5)39)34-26(38)24(36)23(30-27(33)34)25(37)29-10-18-6-7-19(28)9-21(18)40-31(3)4/h6-7,9,13,16-17,36H,8,10-12,14-15H2,1-5H3,(H,29,37). The molecule has 2 amide bonds. The Kier molecular flexibility index (Phi) is 9.55. The summed E-state index contributed by atoms with van der Waals surface area (Å²) in [5.41, 5.74) is -0.486. The second-order valence-electron chi connectivity index (χ2n) is 10.8. The van der Waals surface area contributed by atoms with E-state index in [0.29, 0.717) is 41.1 Å². The van der Waals surface area contributed by atoms with E-state index >= 15 is 0 Å². The Morgan fingerprint density at radius 1 is 1.24 bits per heavy atom. The van der Waals surface area contributed by atoms with Crippen molar-refractivity contribution >= 4 is 40.3 Å². The van der Waals surface area contributed by atoms with Crippen LogP contribution in [0, 0.1) is 17.7 Å². The molecule has 11 nitrogen and oxygen atoms in total. The van der Waals surface area contributed by atoms with Crippen LogP contribution < -0.4 is 10.9 Å². The maximum atomic E-state index is 13.8. The lowest BCUT2D eigenvalue weighted by Crippen LogP contribution is -2.44. The molecule has 2 N–H and O–H groups in total. The Labute approximate surface area is 244 Å². The van der Waals surface area contributed by atoms with Gasteiger partial charge in [0.05, 0.1) is 11.4 Å². The predicted molar refractivity (Wildman–Crippen MR) is 156 cm³/mol. The molecule has 14 heteroatoms. The highest BCUT2D eigenvalue weighted by Crippen LogP contribution is 2.26. The smallest absolute Gasteiger partial charge is 0.302 e. The summed E-state index contributed by atoms with van der Waals surface area (Å²) in [6.45, 7) is 5.27. The topological polar surface area (TPSA) is 129 Å². The van der Waals surface area contributed by atoms with Crippen LogP contribution in [0.2, 0.25) is 0 Å². The van der Waals surface area contributed by atoms with Crippen molar-refractivity contribution in [2.75, 3.05) is 33.4 Å². The molecule has 1 saturated heterocycles. The average Bonchev–Trinajstić information content (AvgIpc) is 3.20. The lowest BCUT2D eigenvalue weighted by Gasteiger charge is -2.35. The summed E-state index contributed by atoms with van der Waals surface area (Å²) in [6, 6.07) is 4.18. The molecule has 1 aliphatic rings. The fraction of sp³-hybridized carbons (Fsp3) is 0.481. The predicted octanol–water partition coefficient (Wildman–Crippen LogP) is 2.22. The number of aromatic hydroxyl groups is 1. The van der Waals surface area contributed by atoms with Gasteiger partial charge in [-0.1, -0.05) is 19.9 Å². The Hall–Kier alpha value is -3.23. The van der Waals surface area contributed by atoms with Crippen LogP contribution in [0.4, 0.5) is 4.39 Å². The number of nitrogens with zero attached hydrogens (tertiary/aromatic N) is 5. The third-order valence-corrected chi connectivity index (χ3v) is 8.38. The summed E-state index contributed by atoms with van der Waals surface area (Å²) in [5.74, 6) is -1.59. The van der Waals surface area contributed by atoms with Gasteiger partial charge in [-0.25, -0.2) is 13.8 Å². The van der Waals surface area contributed by atoms with Gasteiger partial charge in [-0.15, -0.1) is 0 Å². The van der Waals surface area contributed by atoms with E-state index < -0.39 is 39.5 Å². The van der Waals surface area contributed by atoms with Gasteiger partial charge in [0.1, 0.15) is 12.4 Å². The van der Waals surface area contributed by atoms with Crippen LogP contribution in [-0.2, 0) is 34.4 Å². The summed E-state index contributed by atoms with van der Waals surface area (Å²) < 4.78 is 30.2. The number of fused-ring (bicyclic) bond motifs is 1. The highest BCUT2D eigenvalue weighted by molar-refractivity contribution is 7.97. The molecule has 0 bridgehead atoms. The second-order valence-corrected chi connectivity index (χ2v) is 13.6. The summed E-state index contributed by atoms with van der Waals surface area (Å²) in [4.78, 5) is 46.4. The molecule has 0 radical (unpaired) electrons. The quantitative estimate of drug-likeness (QED) is 0.355. The van der Waals surface area contributed by atoms with Crippen LogP contribution >= 0.6 is 11.9 Å². The van der Waals surface area contributed by atoms with Crippen LogP contribution in [0.15, 0.2) is 34.1 Å². The van der Waals surface area contributed by atoms with E-state index in [9.17, 15) is 28.1 Å². The van der Waals surface area contributed by atoms with Gasteiger partial charge in [-0.3, -0.25) is 22.9 Å². The van der Waals surface area contributed by atoms with Crippen LogP contribution in [-0.4, -0.2) is 77.7 Å². The van der Waals surface area contributed by atoms with Gasteiger partial charge in [-0.05, 0) is 62.0 Å². The maximum absolute atomic E-state index is 13.8. The fourth-order valence-electron chi connectivity index (χ4n) is 5.16. The van der Waals surface area contributed by atoms with Gasteiger partial charge >= 0.3 is 5.56 Å². The maximum Gasteiger partial charge on any atom is 0.302 e. The normalized spacial score (nSPS) is 18.2. The molecule has 3 atom stereocenters. The Morgan fingerprint density at radius 3 is 2.56 bits per heavy atom. The Balaban J connectivity index is 1.67. The molecule has 0 aliphatic carbocycles. The molecular formula is C27H35FN6O5S2. The highest BCUT2D eigenvalue weighted by atomic mass is 32.2. The van der Waals surface area contributed by atoms with Crippen molar-refractivity contribution in [1.82, 2.24) is 28.5 Å². The fourth-order valence-corrected chi connectivity index (χ4v) is 6.60. The number of imidazole rings is 1. The van der Waals surface area contributed by atoms with Gasteiger partial charge in [0, 0.05) is 47.8 Å². The number of hydrogen-bond donors (Lipinski definition) is 2. The minimum absolute atomic E-state index is 0.0132. The van der Waals surface area contributed by atoms with Gasteiger partial charge in [0.25, 0.3) is 5.91 Å². The van der Waals surface area contributed by atoms with E-state index in [1.54, 1.807) is 29.4 Å². The van der Waals surface area contributed by atoms with Crippen molar-refractivity contribution < 1.29 is 23.3 Å². The summed E-state index contributed by atoms with van der Waals surface area (Å²) in [7, 11) is 2.27. The molecule has 41 heavy (non-hydrogen) atoms. The minimum atomic E-state index is -1.34. The summed E-state index contributed by atoms with van der Waals surface area (Å²) in [5, 5.41) is 13.4. The number of rotatable bonds is 9. The number of piperidine rings is 1. The zero-order valence-electron chi connectivity index (χ0n) is 23.7. The molecule has 3 unspecified atom stereocenters. The molecule has 2 aromatic heterocycles. The monoisotopic (exact) mass is 606 g/mol. The van der Waals surface area contributed by atoms with Gasteiger partial charge in [0.2, 0.25) is 17.4 Å². The molecule has 222 valence electrons. The van der Waals surface area contributed by atoms with Gasteiger partial charge in [-0.2, -0.15) is 0 Å². The van der Waals surface area contributed by atoms with Crippen LogP contribution in [0.1, 0.15) is 42.0 Å². The average molecular weight is 607 g/mol. The zero-order chi connectivity index (χ0) is 30.0. The molecule has 3 aromatic rings. The lowest BCUT2D eigenvalue weighted by atomic mass is 9.92. The number of carbonyl (C=O) groups is 2. The first-order valence-corrected chi connectivity index (χ1v) is 15.7. The summed E-state index contributed by atoms with van der Waals surface area (Å²) in [6.07, 6.45) is 4.03. The van der Waals surface area contributed by atoms with E-state index in [-0.39, 0.29) is 30.5 Å². The Morgan fingerprint density at radius 2 is 1.93 bits per heavy atom. The highest BCUT2D eigenvalue weighted by Gasteiger charge is 2.28. The van der Waals surface area contributed by atoms with E-state index in [4.69, 9.17) is 0 Å². The van der Waals surface area contributed by atoms with Crippen molar-refractivity contribution in [2.24, 2.45) is 11.8 Å². The lowest BCUT2D eigenvalue weighted by molar-refractivity contribution is -0.134. The van der Waals surface area contributed by atoms with Gasteiger partial charge in [0.15, 0.2) is 5.69 Å². The number of benzene rings is 1. The number of aromatic nitrogens is 3. The van der Waals surface area contributed by atoms with E-state index in [2.05, 4.69) is 24.1 Å². The van der Waals surface area contributed by atoms with Crippen molar-refractivity contribution in [3.8, 4) is 5.75 Å². The molecule has 0 spiro atoms. The largest absolute Gasteiger partial charge is 0.501 e. The molecule has 1 fully saturated rings. The molecule has 1 aliphatic heterocycles. The minimum Gasteiger partial charge on any atom is -0.501 e. The van der Waals surface area contributed by atoms with Crippen LogP contribution in [0.5, 0.6) is 5.75 Å². The Bertz CT molecular complexity index is 1550. The number of likely N-dealkylation sites (tertiary alicyclic amines) is 1. The SMILES string of the molecule is CC1CC(C)CN(C(=O)Cn2cc(CS(C)=O)n3c(=O)c(O)c(C(=O)NCc4ccc(F)cc4SN(C)C)nc23)C1. The third-order valence-electron chi connectivity index (χ3n) is 6.73. The molecule has 4 rings (SSSR count). The van der Waals surface area contributed by atoms with Crippen molar-refractivity contribution in [2.45, 2.75) is 44.0 Å².